The van der Waals surface area contributed by atoms with Gasteiger partial charge in [0.25, 0.3) is 0 Å². The predicted molar refractivity (Wildman–Crippen MR) is 50.2 cm³/mol. The Labute approximate surface area is 72.7 Å². The highest BCUT2D eigenvalue weighted by molar-refractivity contribution is 5.75. The third kappa shape index (κ3) is 0.934. The van der Waals surface area contributed by atoms with E-state index in [0.29, 0.717) is 0 Å². The minimum Gasteiger partial charge on any atom is -0.485 e. The standard InChI is InChI=1S/C11H12O/c1-3-10-8(2)9-6-4-5-7-11(9)12-10/h4-7,10H,2-3H2,1H3. The Morgan fingerprint density at radius 2 is 2.17 bits per heavy atom. The van der Waals surface area contributed by atoms with Crippen molar-refractivity contribution in [1.82, 2.24) is 0 Å². The summed E-state index contributed by atoms with van der Waals surface area (Å²) in [5, 5.41) is 0. The van der Waals surface area contributed by atoms with Gasteiger partial charge in [0.2, 0.25) is 0 Å². The summed E-state index contributed by atoms with van der Waals surface area (Å²) in [5.74, 6) is 0.981. The van der Waals surface area contributed by atoms with Gasteiger partial charge in [0.1, 0.15) is 11.9 Å². The van der Waals surface area contributed by atoms with Crippen LogP contribution in [0.3, 0.4) is 0 Å². The quantitative estimate of drug-likeness (QED) is 0.613. The molecule has 1 unspecified atom stereocenters. The van der Waals surface area contributed by atoms with Crippen LogP contribution in [0.4, 0.5) is 0 Å². The lowest BCUT2D eigenvalue weighted by Crippen LogP contribution is -2.08. The molecule has 1 heterocycles. The molecule has 1 nitrogen and oxygen atoms in total. The highest BCUT2D eigenvalue weighted by Gasteiger charge is 2.24. The second-order valence-electron chi connectivity index (χ2n) is 3.04. The number of ether oxygens (including phenoxy) is 1. The lowest BCUT2D eigenvalue weighted by Gasteiger charge is -2.07. The zero-order valence-corrected chi connectivity index (χ0v) is 7.21. The summed E-state index contributed by atoms with van der Waals surface area (Å²) in [6, 6.07) is 8.07. The fourth-order valence-electron chi connectivity index (χ4n) is 1.56. The molecule has 2 rings (SSSR count). The van der Waals surface area contributed by atoms with E-state index in [4.69, 9.17) is 4.74 Å². The normalized spacial score (nSPS) is 20.4. The van der Waals surface area contributed by atoms with Crippen molar-refractivity contribution in [2.24, 2.45) is 0 Å². The Balaban J connectivity index is 2.42. The molecular formula is C11H12O. The van der Waals surface area contributed by atoms with Gasteiger partial charge in [-0.25, -0.2) is 0 Å². The molecule has 0 fully saturated rings. The molecule has 0 N–H and O–H groups in total. The first-order chi connectivity index (χ1) is 5.83. The molecule has 1 aromatic carbocycles. The maximum atomic E-state index is 5.67. The number of rotatable bonds is 1. The molecule has 1 aromatic rings. The van der Waals surface area contributed by atoms with E-state index in [-0.39, 0.29) is 6.10 Å². The van der Waals surface area contributed by atoms with Gasteiger partial charge in [-0.15, -0.1) is 0 Å². The van der Waals surface area contributed by atoms with Crippen molar-refractivity contribution in [2.75, 3.05) is 0 Å². The minimum absolute atomic E-state index is 0.197. The van der Waals surface area contributed by atoms with Crippen LogP contribution in [0.25, 0.3) is 5.57 Å². The Kier molecular flexibility index (Phi) is 1.65. The van der Waals surface area contributed by atoms with E-state index in [0.717, 1.165) is 17.7 Å². The molecule has 62 valence electrons. The Bertz CT molecular complexity index is 315. The van der Waals surface area contributed by atoms with Crippen LogP contribution in [0, 0.1) is 0 Å². The fraction of sp³-hybridized carbons (Fsp3) is 0.273. The monoisotopic (exact) mass is 160 g/mol. The summed E-state index contributed by atoms with van der Waals surface area (Å²) in [4.78, 5) is 0. The van der Waals surface area contributed by atoms with Gasteiger partial charge in [0.15, 0.2) is 0 Å². The summed E-state index contributed by atoms with van der Waals surface area (Å²) >= 11 is 0. The molecule has 0 saturated carbocycles. The average molecular weight is 160 g/mol. The maximum Gasteiger partial charge on any atom is 0.127 e. The molecule has 0 spiro atoms. The van der Waals surface area contributed by atoms with E-state index >= 15 is 0 Å². The average Bonchev–Trinajstić information content (AvgIpc) is 2.44. The van der Waals surface area contributed by atoms with Gasteiger partial charge in [-0.05, 0) is 18.1 Å². The summed E-state index contributed by atoms with van der Waals surface area (Å²) in [6.07, 6.45) is 1.19. The first kappa shape index (κ1) is 7.41. The van der Waals surface area contributed by atoms with Crippen molar-refractivity contribution in [3.63, 3.8) is 0 Å². The molecule has 0 aromatic heterocycles. The van der Waals surface area contributed by atoms with E-state index in [9.17, 15) is 0 Å². The number of benzene rings is 1. The lowest BCUT2D eigenvalue weighted by molar-refractivity contribution is 0.272. The molecule has 0 aliphatic carbocycles. The van der Waals surface area contributed by atoms with Gasteiger partial charge in [0, 0.05) is 5.56 Å². The summed E-state index contributed by atoms with van der Waals surface area (Å²) < 4.78 is 5.67. The molecule has 0 radical (unpaired) electrons. The van der Waals surface area contributed by atoms with Gasteiger partial charge in [0.05, 0.1) is 0 Å². The lowest BCUT2D eigenvalue weighted by atomic mass is 10.0. The highest BCUT2D eigenvalue weighted by atomic mass is 16.5. The molecule has 0 amide bonds. The predicted octanol–water partition coefficient (Wildman–Crippen LogP) is 2.87. The van der Waals surface area contributed by atoms with Crippen molar-refractivity contribution >= 4 is 5.57 Å². The van der Waals surface area contributed by atoms with Crippen LogP contribution in [0.15, 0.2) is 30.8 Å². The zero-order valence-electron chi connectivity index (χ0n) is 7.21. The number of hydrogen-bond acceptors (Lipinski definition) is 1. The third-order valence-electron chi connectivity index (χ3n) is 2.26. The number of para-hydroxylation sites is 1. The minimum atomic E-state index is 0.197. The van der Waals surface area contributed by atoms with Crippen molar-refractivity contribution < 1.29 is 4.74 Å². The van der Waals surface area contributed by atoms with E-state index in [1.54, 1.807) is 0 Å². The summed E-state index contributed by atoms with van der Waals surface area (Å²) in [7, 11) is 0. The third-order valence-corrected chi connectivity index (χ3v) is 2.26. The SMILES string of the molecule is C=C1c2ccccc2OC1CC. The molecule has 1 aliphatic rings. The first-order valence-electron chi connectivity index (χ1n) is 4.27. The molecule has 1 aliphatic heterocycles. The Morgan fingerprint density at radius 3 is 2.83 bits per heavy atom. The topological polar surface area (TPSA) is 9.23 Å². The van der Waals surface area contributed by atoms with Gasteiger partial charge in [-0.2, -0.15) is 0 Å². The summed E-state index contributed by atoms with van der Waals surface area (Å²) in [5.41, 5.74) is 2.29. The molecule has 1 heteroatoms. The van der Waals surface area contributed by atoms with E-state index in [2.05, 4.69) is 19.6 Å². The van der Waals surface area contributed by atoms with Crippen LogP contribution in [-0.4, -0.2) is 6.10 Å². The molecule has 0 saturated heterocycles. The molecule has 12 heavy (non-hydrogen) atoms. The van der Waals surface area contributed by atoms with Crippen LogP contribution < -0.4 is 4.74 Å². The van der Waals surface area contributed by atoms with Crippen molar-refractivity contribution in [3.8, 4) is 5.75 Å². The van der Waals surface area contributed by atoms with E-state index in [1.165, 1.54) is 5.56 Å². The number of fused-ring (bicyclic) bond motifs is 1. The molecule has 1 atom stereocenters. The zero-order chi connectivity index (χ0) is 8.55. The second-order valence-corrected chi connectivity index (χ2v) is 3.04. The molecular weight excluding hydrogens is 148 g/mol. The van der Waals surface area contributed by atoms with Crippen LogP contribution in [0.1, 0.15) is 18.9 Å². The highest BCUT2D eigenvalue weighted by Crippen LogP contribution is 2.36. The second kappa shape index (κ2) is 2.67. The van der Waals surface area contributed by atoms with Crippen molar-refractivity contribution in [3.05, 3.63) is 36.4 Å². The first-order valence-corrected chi connectivity index (χ1v) is 4.27. The Morgan fingerprint density at radius 1 is 1.42 bits per heavy atom. The van der Waals surface area contributed by atoms with E-state index in [1.807, 2.05) is 18.2 Å². The number of hydrogen-bond donors (Lipinski definition) is 0. The smallest absolute Gasteiger partial charge is 0.127 e. The summed E-state index contributed by atoms with van der Waals surface area (Å²) in [6.45, 7) is 6.14. The van der Waals surface area contributed by atoms with Crippen LogP contribution in [0.5, 0.6) is 5.75 Å². The van der Waals surface area contributed by atoms with Gasteiger partial charge >= 0.3 is 0 Å². The van der Waals surface area contributed by atoms with Crippen LogP contribution >= 0.6 is 0 Å². The fourth-order valence-corrected chi connectivity index (χ4v) is 1.56. The van der Waals surface area contributed by atoms with Gasteiger partial charge in [-0.3, -0.25) is 0 Å². The Hall–Kier alpha value is -1.24. The largest absolute Gasteiger partial charge is 0.485 e. The van der Waals surface area contributed by atoms with Gasteiger partial charge < -0.3 is 4.74 Å². The molecule has 0 bridgehead atoms. The van der Waals surface area contributed by atoms with Crippen LogP contribution in [0.2, 0.25) is 0 Å². The van der Waals surface area contributed by atoms with Gasteiger partial charge in [-0.1, -0.05) is 31.7 Å². The van der Waals surface area contributed by atoms with Crippen molar-refractivity contribution in [1.29, 1.82) is 0 Å². The van der Waals surface area contributed by atoms with E-state index < -0.39 is 0 Å². The van der Waals surface area contributed by atoms with Crippen LogP contribution in [-0.2, 0) is 0 Å². The van der Waals surface area contributed by atoms with Crippen molar-refractivity contribution in [2.45, 2.75) is 19.4 Å². The maximum absolute atomic E-state index is 5.67.